The highest BCUT2D eigenvalue weighted by Crippen LogP contribution is 2.39. The molecule has 94 valence electrons. The summed E-state index contributed by atoms with van der Waals surface area (Å²) in [5.41, 5.74) is 1.08. The summed E-state index contributed by atoms with van der Waals surface area (Å²) in [6, 6.07) is 1.67. The zero-order valence-electron chi connectivity index (χ0n) is 9.23. The highest BCUT2D eigenvalue weighted by atomic mass is 32.1. The SMILES string of the molecule is CC1CCCc2sc(NC(=O)C(F)(F)F)cc21. The first-order valence-electron chi connectivity index (χ1n) is 5.38. The fourth-order valence-corrected chi connectivity index (χ4v) is 3.24. The number of hydrogen-bond donors (Lipinski definition) is 1. The lowest BCUT2D eigenvalue weighted by Crippen LogP contribution is -2.29. The van der Waals surface area contributed by atoms with Crippen LogP contribution in [0.4, 0.5) is 18.2 Å². The number of carbonyl (C=O) groups is 1. The molecule has 1 aliphatic carbocycles. The van der Waals surface area contributed by atoms with Gasteiger partial charge in [0, 0.05) is 4.88 Å². The lowest BCUT2D eigenvalue weighted by molar-refractivity contribution is -0.167. The minimum absolute atomic E-state index is 0.297. The van der Waals surface area contributed by atoms with E-state index in [9.17, 15) is 18.0 Å². The highest BCUT2D eigenvalue weighted by molar-refractivity contribution is 7.16. The van der Waals surface area contributed by atoms with Crippen LogP contribution in [-0.4, -0.2) is 12.1 Å². The number of rotatable bonds is 1. The number of amides is 1. The third-order valence-electron chi connectivity index (χ3n) is 2.91. The maximum atomic E-state index is 12.1. The molecular weight excluding hydrogens is 251 g/mol. The smallest absolute Gasteiger partial charge is 0.310 e. The molecule has 6 heteroatoms. The number of aryl methyl sites for hydroxylation is 1. The van der Waals surface area contributed by atoms with E-state index in [1.165, 1.54) is 11.3 Å². The first-order chi connectivity index (χ1) is 7.88. The normalized spacial score (nSPS) is 19.9. The molecule has 1 heterocycles. The predicted molar refractivity (Wildman–Crippen MR) is 60.4 cm³/mol. The van der Waals surface area contributed by atoms with E-state index in [2.05, 4.69) is 6.92 Å². The van der Waals surface area contributed by atoms with Crippen LogP contribution in [0, 0.1) is 0 Å². The number of anilines is 1. The largest absolute Gasteiger partial charge is 0.471 e. The molecular formula is C11H12F3NOS. The molecule has 0 spiro atoms. The molecule has 1 atom stereocenters. The van der Waals surface area contributed by atoms with Crippen molar-refractivity contribution in [1.29, 1.82) is 0 Å². The van der Waals surface area contributed by atoms with E-state index in [1.54, 1.807) is 6.07 Å². The summed E-state index contributed by atoms with van der Waals surface area (Å²) < 4.78 is 36.3. The van der Waals surface area contributed by atoms with Gasteiger partial charge in [0.05, 0.1) is 5.00 Å². The number of alkyl halides is 3. The molecule has 1 unspecified atom stereocenters. The van der Waals surface area contributed by atoms with E-state index in [-0.39, 0.29) is 0 Å². The van der Waals surface area contributed by atoms with Gasteiger partial charge in [-0.15, -0.1) is 11.3 Å². The summed E-state index contributed by atoms with van der Waals surface area (Å²) in [5.74, 6) is -1.53. The van der Waals surface area contributed by atoms with Crippen molar-refractivity contribution in [3.63, 3.8) is 0 Å². The second-order valence-corrected chi connectivity index (χ2v) is 5.37. The Kier molecular flexibility index (Phi) is 3.16. The Morgan fingerprint density at radius 2 is 2.24 bits per heavy atom. The average Bonchev–Trinajstić information content (AvgIpc) is 2.60. The van der Waals surface area contributed by atoms with Crippen LogP contribution in [0.5, 0.6) is 0 Å². The van der Waals surface area contributed by atoms with Crippen molar-refractivity contribution in [2.24, 2.45) is 0 Å². The molecule has 1 N–H and O–H groups in total. The number of hydrogen-bond acceptors (Lipinski definition) is 2. The van der Waals surface area contributed by atoms with E-state index < -0.39 is 12.1 Å². The van der Waals surface area contributed by atoms with Crippen LogP contribution in [0.2, 0.25) is 0 Å². The third-order valence-corrected chi connectivity index (χ3v) is 4.03. The van der Waals surface area contributed by atoms with Gasteiger partial charge in [0.1, 0.15) is 0 Å². The lowest BCUT2D eigenvalue weighted by atomic mass is 9.89. The zero-order valence-corrected chi connectivity index (χ0v) is 10.0. The summed E-state index contributed by atoms with van der Waals surface area (Å²) in [4.78, 5) is 11.9. The van der Waals surface area contributed by atoms with E-state index in [4.69, 9.17) is 0 Å². The van der Waals surface area contributed by atoms with Gasteiger partial charge < -0.3 is 5.32 Å². The maximum absolute atomic E-state index is 12.1. The van der Waals surface area contributed by atoms with Crippen LogP contribution in [0.1, 0.15) is 36.1 Å². The summed E-state index contributed by atoms with van der Waals surface area (Å²) in [5, 5.41) is 2.21. The summed E-state index contributed by atoms with van der Waals surface area (Å²) in [6.07, 6.45) is -1.82. The molecule has 1 amide bonds. The number of halogens is 3. The Balaban J connectivity index is 2.16. The van der Waals surface area contributed by atoms with Gasteiger partial charge >= 0.3 is 12.1 Å². The van der Waals surface area contributed by atoms with Gasteiger partial charge in [-0.25, -0.2) is 0 Å². The van der Waals surface area contributed by atoms with Crippen LogP contribution < -0.4 is 5.32 Å². The number of thiophene rings is 1. The molecule has 1 aromatic heterocycles. The maximum Gasteiger partial charge on any atom is 0.471 e. The van der Waals surface area contributed by atoms with Gasteiger partial charge in [0.2, 0.25) is 0 Å². The van der Waals surface area contributed by atoms with Crippen LogP contribution in [0.3, 0.4) is 0 Å². The Morgan fingerprint density at radius 3 is 2.82 bits per heavy atom. The van der Waals surface area contributed by atoms with Crippen LogP contribution in [-0.2, 0) is 11.2 Å². The van der Waals surface area contributed by atoms with E-state index in [1.807, 2.05) is 5.32 Å². The molecule has 17 heavy (non-hydrogen) atoms. The summed E-state index contributed by atoms with van der Waals surface area (Å²) in [6.45, 7) is 2.06. The Labute approximate surface area is 101 Å². The van der Waals surface area contributed by atoms with Crippen molar-refractivity contribution in [1.82, 2.24) is 0 Å². The van der Waals surface area contributed by atoms with E-state index in [0.29, 0.717) is 10.9 Å². The summed E-state index contributed by atoms with van der Waals surface area (Å²) >= 11 is 1.25. The second kappa shape index (κ2) is 4.33. The second-order valence-electron chi connectivity index (χ2n) is 4.23. The van der Waals surface area contributed by atoms with E-state index >= 15 is 0 Å². The Hall–Kier alpha value is -1.04. The first-order valence-corrected chi connectivity index (χ1v) is 6.20. The van der Waals surface area contributed by atoms with Crippen molar-refractivity contribution in [3.8, 4) is 0 Å². The third kappa shape index (κ3) is 2.62. The molecule has 1 aromatic rings. The molecule has 0 saturated carbocycles. The van der Waals surface area contributed by atoms with E-state index in [0.717, 1.165) is 29.7 Å². The molecule has 0 saturated heterocycles. The van der Waals surface area contributed by atoms with Crippen LogP contribution >= 0.6 is 11.3 Å². The van der Waals surface area contributed by atoms with Gasteiger partial charge in [-0.2, -0.15) is 13.2 Å². The average molecular weight is 263 g/mol. The number of fused-ring (bicyclic) bond motifs is 1. The Morgan fingerprint density at radius 1 is 1.53 bits per heavy atom. The number of carbonyl (C=O) groups excluding carboxylic acids is 1. The van der Waals surface area contributed by atoms with Crippen LogP contribution in [0.15, 0.2) is 6.07 Å². The molecule has 0 aliphatic heterocycles. The van der Waals surface area contributed by atoms with Gasteiger partial charge in [-0.3, -0.25) is 4.79 Å². The molecule has 0 aromatic carbocycles. The lowest BCUT2D eigenvalue weighted by Gasteiger charge is -2.17. The molecule has 2 rings (SSSR count). The van der Waals surface area contributed by atoms with Gasteiger partial charge in [-0.05, 0) is 36.8 Å². The topological polar surface area (TPSA) is 29.1 Å². The molecule has 2 nitrogen and oxygen atoms in total. The van der Waals surface area contributed by atoms with Crippen molar-refractivity contribution < 1.29 is 18.0 Å². The van der Waals surface area contributed by atoms with Crippen LogP contribution in [0.25, 0.3) is 0 Å². The van der Waals surface area contributed by atoms with Gasteiger partial charge in [0.25, 0.3) is 0 Å². The fourth-order valence-electron chi connectivity index (χ4n) is 2.02. The molecule has 0 bridgehead atoms. The fraction of sp³-hybridized carbons (Fsp3) is 0.545. The van der Waals surface area contributed by atoms with Gasteiger partial charge in [0.15, 0.2) is 0 Å². The summed E-state index contributed by atoms with van der Waals surface area (Å²) in [7, 11) is 0. The minimum Gasteiger partial charge on any atom is -0.310 e. The quantitative estimate of drug-likeness (QED) is 0.822. The predicted octanol–water partition coefficient (Wildman–Crippen LogP) is 3.69. The van der Waals surface area contributed by atoms with Crippen molar-refractivity contribution in [2.75, 3.05) is 5.32 Å². The van der Waals surface area contributed by atoms with Crippen molar-refractivity contribution in [2.45, 2.75) is 38.3 Å². The van der Waals surface area contributed by atoms with Crippen molar-refractivity contribution in [3.05, 3.63) is 16.5 Å². The van der Waals surface area contributed by atoms with Gasteiger partial charge in [-0.1, -0.05) is 6.92 Å². The molecule has 1 aliphatic rings. The Bertz CT molecular complexity index is 438. The first kappa shape index (κ1) is 12.4. The zero-order chi connectivity index (χ0) is 12.6. The molecule has 0 radical (unpaired) electrons. The molecule has 0 fully saturated rings. The standard InChI is InChI=1S/C11H12F3NOS/c1-6-3-2-4-8-7(6)5-9(17-8)15-10(16)11(12,13)14/h5-6H,2-4H2,1H3,(H,15,16). The highest BCUT2D eigenvalue weighted by Gasteiger charge is 2.39. The number of nitrogens with one attached hydrogen (secondary N) is 1. The monoisotopic (exact) mass is 263 g/mol. The minimum atomic E-state index is -4.82. The van der Waals surface area contributed by atoms with Crippen molar-refractivity contribution >= 4 is 22.2 Å².